The first kappa shape index (κ1) is 15.9. The van der Waals surface area contributed by atoms with Crippen LogP contribution in [-0.4, -0.2) is 59.8 Å². The number of aliphatic hydroxyl groups excluding tert-OH is 3. The summed E-state index contributed by atoms with van der Waals surface area (Å²) < 4.78 is 7.03. The van der Waals surface area contributed by atoms with Crippen molar-refractivity contribution in [2.45, 2.75) is 24.5 Å². The van der Waals surface area contributed by atoms with Crippen LogP contribution in [0.2, 0.25) is 0 Å². The molecule has 0 saturated carbocycles. The fourth-order valence-electron chi connectivity index (χ4n) is 2.95. The molecule has 1 aromatic carbocycles. The molecule has 3 heterocycles. The SMILES string of the molecule is Nc1nc(-c2ccccc2)nc2c1ncn2[C@@H]1O[C@H](CO)[C@@H](O)[C@@H]1O. The third kappa shape index (κ3) is 2.53. The lowest BCUT2D eigenvalue weighted by molar-refractivity contribution is -0.0511. The number of anilines is 1. The number of hydrogen-bond acceptors (Lipinski definition) is 8. The summed E-state index contributed by atoms with van der Waals surface area (Å²) in [5.41, 5.74) is 7.53. The first-order valence-electron chi connectivity index (χ1n) is 7.78. The second-order valence-corrected chi connectivity index (χ2v) is 5.85. The minimum atomic E-state index is -1.23. The smallest absolute Gasteiger partial charge is 0.168 e. The number of nitrogen functional groups attached to an aromatic ring is 1. The molecule has 9 nitrogen and oxygen atoms in total. The number of fused-ring (bicyclic) bond motifs is 1. The van der Waals surface area contributed by atoms with Gasteiger partial charge in [0.15, 0.2) is 23.5 Å². The predicted octanol–water partition coefficient (Wildman–Crippen LogP) is -0.313. The standard InChI is InChI=1S/C16H17N5O4/c17-13-10-15(20-14(19-13)8-4-2-1-3-5-8)21(7-18-10)16-12(24)11(23)9(6-22)25-16/h1-5,7,9,11-12,16,22-24H,6H2,(H2,17,19,20)/t9-,11-,12+,16-/m1/s1. The Labute approximate surface area is 142 Å². The molecule has 0 radical (unpaired) electrons. The number of rotatable bonds is 3. The van der Waals surface area contributed by atoms with E-state index >= 15 is 0 Å². The Bertz CT molecular complexity index is 900. The number of ether oxygens (including phenoxy) is 1. The topological polar surface area (TPSA) is 140 Å². The van der Waals surface area contributed by atoms with E-state index in [0.29, 0.717) is 17.0 Å². The monoisotopic (exact) mass is 343 g/mol. The Morgan fingerprint density at radius 2 is 1.88 bits per heavy atom. The van der Waals surface area contributed by atoms with Crippen molar-refractivity contribution in [3.05, 3.63) is 36.7 Å². The van der Waals surface area contributed by atoms with E-state index in [1.54, 1.807) is 0 Å². The molecule has 0 bridgehead atoms. The molecule has 9 heteroatoms. The van der Waals surface area contributed by atoms with Crippen molar-refractivity contribution in [3.63, 3.8) is 0 Å². The molecule has 4 atom stereocenters. The number of nitrogens with zero attached hydrogens (tertiary/aromatic N) is 4. The largest absolute Gasteiger partial charge is 0.394 e. The van der Waals surface area contributed by atoms with Crippen LogP contribution < -0.4 is 5.73 Å². The number of imidazole rings is 1. The van der Waals surface area contributed by atoms with Crippen LogP contribution in [0.15, 0.2) is 36.7 Å². The average Bonchev–Trinajstić information content (AvgIpc) is 3.18. The van der Waals surface area contributed by atoms with Crippen molar-refractivity contribution in [3.8, 4) is 11.4 Å². The van der Waals surface area contributed by atoms with Gasteiger partial charge in [0.25, 0.3) is 0 Å². The summed E-state index contributed by atoms with van der Waals surface area (Å²) in [6, 6.07) is 9.32. The third-order valence-corrected chi connectivity index (χ3v) is 4.27. The van der Waals surface area contributed by atoms with Crippen LogP contribution >= 0.6 is 0 Å². The second-order valence-electron chi connectivity index (χ2n) is 5.85. The van der Waals surface area contributed by atoms with Crippen molar-refractivity contribution in [2.24, 2.45) is 0 Å². The van der Waals surface area contributed by atoms with Crippen molar-refractivity contribution >= 4 is 17.0 Å². The molecule has 1 saturated heterocycles. The van der Waals surface area contributed by atoms with Crippen LogP contribution in [0.5, 0.6) is 0 Å². The van der Waals surface area contributed by atoms with Gasteiger partial charge in [-0.05, 0) is 0 Å². The van der Waals surface area contributed by atoms with E-state index in [-0.39, 0.29) is 5.82 Å². The summed E-state index contributed by atoms with van der Waals surface area (Å²) in [7, 11) is 0. The highest BCUT2D eigenvalue weighted by Crippen LogP contribution is 2.32. The van der Waals surface area contributed by atoms with E-state index in [1.807, 2.05) is 30.3 Å². The van der Waals surface area contributed by atoms with Crippen LogP contribution in [0.1, 0.15) is 6.23 Å². The maximum atomic E-state index is 10.2. The molecule has 5 N–H and O–H groups in total. The Hall–Kier alpha value is -2.59. The van der Waals surface area contributed by atoms with Gasteiger partial charge >= 0.3 is 0 Å². The van der Waals surface area contributed by atoms with Crippen LogP contribution in [-0.2, 0) is 4.74 Å². The van der Waals surface area contributed by atoms with Crippen molar-refractivity contribution in [1.29, 1.82) is 0 Å². The van der Waals surface area contributed by atoms with E-state index in [1.165, 1.54) is 10.9 Å². The molecule has 25 heavy (non-hydrogen) atoms. The number of nitrogens with two attached hydrogens (primary N) is 1. The van der Waals surface area contributed by atoms with Gasteiger partial charge in [-0.25, -0.2) is 15.0 Å². The predicted molar refractivity (Wildman–Crippen MR) is 88.2 cm³/mol. The summed E-state index contributed by atoms with van der Waals surface area (Å²) in [4.78, 5) is 13.0. The van der Waals surface area contributed by atoms with Crippen molar-refractivity contribution in [1.82, 2.24) is 19.5 Å². The van der Waals surface area contributed by atoms with E-state index in [4.69, 9.17) is 10.5 Å². The highest BCUT2D eigenvalue weighted by atomic mass is 16.6. The zero-order chi connectivity index (χ0) is 17.6. The minimum absolute atomic E-state index is 0.203. The molecule has 4 rings (SSSR count). The van der Waals surface area contributed by atoms with E-state index in [0.717, 1.165) is 5.56 Å². The first-order valence-corrected chi connectivity index (χ1v) is 7.78. The lowest BCUT2D eigenvalue weighted by Gasteiger charge is -2.16. The lowest BCUT2D eigenvalue weighted by Crippen LogP contribution is -2.33. The van der Waals surface area contributed by atoms with Crippen molar-refractivity contribution in [2.75, 3.05) is 12.3 Å². The molecular weight excluding hydrogens is 326 g/mol. The third-order valence-electron chi connectivity index (χ3n) is 4.27. The second kappa shape index (κ2) is 6.05. The number of aliphatic hydroxyl groups is 3. The van der Waals surface area contributed by atoms with E-state index in [2.05, 4.69) is 15.0 Å². The van der Waals surface area contributed by atoms with Gasteiger partial charge in [0.05, 0.1) is 12.9 Å². The Kier molecular flexibility index (Phi) is 3.85. The van der Waals surface area contributed by atoms with Gasteiger partial charge in [-0.1, -0.05) is 30.3 Å². The van der Waals surface area contributed by atoms with Crippen LogP contribution in [0, 0.1) is 0 Å². The summed E-state index contributed by atoms with van der Waals surface area (Å²) in [6.45, 7) is -0.409. The Balaban J connectivity index is 1.82. The molecule has 2 aromatic heterocycles. The minimum Gasteiger partial charge on any atom is -0.394 e. The quantitative estimate of drug-likeness (QED) is 0.508. The fraction of sp³-hybridized carbons (Fsp3) is 0.312. The van der Waals surface area contributed by atoms with Crippen LogP contribution in [0.3, 0.4) is 0 Å². The maximum Gasteiger partial charge on any atom is 0.168 e. The Morgan fingerprint density at radius 3 is 2.56 bits per heavy atom. The first-order chi connectivity index (χ1) is 12.1. The van der Waals surface area contributed by atoms with Gasteiger partial charge in [-0.15, -0.1) is 0 Å². The Morgan fingerprint density at radius 1 is 1.12 bits per heavy atom. The summed E-state index contributed by atoms with van der Waals surface area (Å²) in [6.07, 6.45) is -2.84. The summed E-state index contributed by atoms with van der Waals surface area (Å²) in [5, 5.41) is 29.4. The van der Waals surface area contributed by atoms with Crippen LogP contribution in [0.25, 0.3) is 22.6 Å². The zero-order valence-corrected chi connectivity index (χ0v) is 13.1. The molecule has 130 valence electrons. The molecule has 0 unspecified atom stereocenters. The highest BCUT2D eigenvalue weighted by molar-refractivity contribution is 5.83. The van der Waals surface area contributed by atoms with Crippen molar-refractivity contribution < 1.29 is 20.1 Å². The molecule has 3 aromatic rings. The molecule has 1 aliphatic heterocycles. The molecule has 0 amide bonds. The summed E-state index contributed by atoms with van der Waals surface area (Å²) >= 11 is 0. The number of benzene rings is 1. The van der Waals surface area contributed by atoms with Gasteiger partial charge in [-0.2, -0.15) is 0 Å². The molecule has 1 aliphatic rings. The van der Waals surface area contributed by atoms with Gasteiger partial charge in [0.1, 0.15) is 23.8 Å². The summed E-state index contributed by atoms with van der Waals surface area (Å²) in [5.74, 6) is 0.619. The van der Waals surface area contributed by atoms with Gasteiger partial charge in [0, 0.05) is 5.56 Å². The molecule has 0 spiro atoms. The highest BCUT2D eigenvalue weighted by Gasteiger charge is 2.44. The van der Waals surface area contributed by atoms with Gasteiger partial charge in [0.2, 0.25) is 0 Å². The lowest BCUT2D eigenvalue weighted by atomic mass is 10.1. The molecule has 1 fully saturated rings. The zero-order valence-electron chi connectivity index (χ0n) is 13.1. The van der Waals surface area contributed by atoms with E-state index < -0.39 is 31.1 Å². The van der Waals surface area contributed by atoms with Crippen LogP contribution in [0.4, 0.5) is 5.82 Å². The number of aromatic nitrogens is 4. The van der Waals surface area contributed by atoms with Gasteiger partial charge < -0.3 is 25.8 Å². The number of hydrogen-bond donors (Lipinski definition) is 4. The van der Waals surface area contributed by atoms with Gasteiger partial charge in [-0.3, -0.25) is 4.57 Å². The normalized spacial score (nSPS) is 26.4. The van der Waals surface area contributed by atoms with E-state index in [9.17, 15) is 15.3 Å². The molecular formula is C16H17N5O4. The fourth-order valence-corrected chi connectivity index (χ4v) is 2.95. The molecule has 0 aliphatic carbocycles. The average molecular weight is 343 g/mol. The maximum absolute atomic E-state index is 10.2.